The zero-order chi connectivity index (χ0) is 13.9. The van der Waals surface area contributed by atoms with Gasteiger partial charge in [0.2, 0.25) is 5.91 Å². The maximum Gasteiger partial charge on any atom is 0.242 e. The number of hydrogen-bond donors (Lipinski definition) is 2. The average molecular weight is 261 g/mol. The molecule has 3 N–H and O–H groups in total. The van der Waals surface area contributed by atoms with Crippen molar-refractivity contribution in [2.24, 2.45) is 5.84 Å². The van der Waals surface area contributed by atoms with Gasteiger partial charge in [-0.2, -0.15) is 0 Å². The fourth-order valence-corrected chi connectivity index (χ4v) is 2.85. The topological polar surface area (TPSA) is 58.4 Å². The van der Waals surface area contributed by atoms with Crippen molar-refractivity contribution in [3.63, 3.8) is 0 Å². The Balaban J connectivity index is 2.18. The summed E-state index contributed by atoms with van der Waals surface area (Å²) >= 11 is 0. The highest BCUT2D eigenvalue weighted by Crippen LogP contribution is 2.30. The third-order valence-corrected chi connectivity index (χ3v) is 4.14. The largest absolute Gasteiger partial charge is 0.297 e. The van der Waals surface area contributed by atoms with Crippen LogP contribution in [-0.2, 0) is 4.79 Å². The van der Waals surface area contributed by atoms with Crippen molar-refractivity contribution in [1.82, 2.24) is 10.3 Å². The lowest BCUT2D eigenvalue weighted by Gasteiger charge is -2.34. The van der Waals surface area contributed by atoms with Gasteiger partial charge >= 0.3 is 0 Å². The van der Waals surface area contributed by atoms with Gasteiger partial charge in [0.25, 0.3) is 0 Å². The number of hydrogen-bond acceptors (Lipinski definition) is 3. The molecule has 1 fully saturated rings. The van der Waals surface area contributed by atoms with Gasteiger partial charge in [-0.3, -0.25) is 15.1 Å². The van der Waals surface area contributed by atoms with Crippen LogP contribution >= 0.6 is 0 Å². The number of benzene rings is 1. The third-order valence-electron chi connectivity index (χ3n) is 4.14. The Kier molecular flexibility index (Phi) is 4.22. The highest BCUT2D eigenvalue weighted by atomic mass is 16.2. The van der Waals surface area contributed by atoms with Gasteiger partial charge in [-0.25, -0.2) is 5.84 Å². The summed E-state index contributed by atoms with van der Waals surface area (Å²) in [6.45, 7) is 6.25. The molecule has 1 aliphatic heterocycles. The number of rotatable bonds is 4. The lowest BCUT2D eigenvalue weighted by molar-refractivity contribution is -0.123. The monoisotopic (exact) mass is 261 g/mol. The summed E-state index contributed by atoms with van der Waals surface area (Å²) < 4.78 is 0. The van der Waals surface area contributed by atoms with Crippen LogP contribution in [0.3, 0.4) is 0 Å². The van der Waals surface area contributed by atoms with Crippen molar-refractivity contribution >= 4 is 5.91 Å². The molecule has 1 atom stereocenters. The van der Waals surface area contributed by atoms with E-state index in [9.17, 15) is 4.79 Å². The molecule has 0 radical (unpaired) electrons. The van der Waals surface area contributed by atoms with Crippen molar-refractivity contribution in [1.29, 1.82) is 0 Å². The lowest BCUT2D eigenvalue weighted by Crippen LogP contribution is -2.45. The van der Waals surface area contributed by atoms with E-state index in [2.05, 4.69) is 24.2 Å². The van der Waals surface area contributed by atoms with Crippen LogP contribution in [0.2, 0.25) is 0 Å². The van der Waals surface area contributed by atoms with Gasteiger partial charge in [-0.15, -0.1) is 0 Å². The zero-order valence-corrected chi connectivity index (χ0v) is 11.7. The Hall–Kier alpha value is -1.39. The predicted octanol–water partition coefficient (Wildman–Crippen LogP) is 1.63. The minimum absolute atomic E-state index is 0.117. The number of carbonyl (C=O) groups is 1. The molecule has 0 aromatic heterocycles. The maximum atomic E-state index is 12.0. The number of hydrazine groups is 1. The molecule has 1 saturated heterocycles. The molecule has 4 heteroatoms. The lowest BCUT2D eigenvalue weighted by atomic mass is 9.95. The van der Waals surface area contributed by atoms with Gasteiger partial charge in [-0.1, -0.05) is 30.3 Å². The van der Waals surface area contributed by atoms with E-state index in [1.54, 1.807) is 0 Å². The fourth-order valence-electron chi connectivity index (χ4n) is 2.85. The highest BCUT2D eigenvalue weighted by Gasteiger charge is 2.35. The number of amides is 1. The minimum atomic E-state index is -0.205. The molecule has 1 aromatic rings. The standard InChI is InChI=1S/C15H23N3O/c1-15(2)9-6-10-18(15)11-13(14(19)17-16)12-7-4-3-5-8-12/h3-5,7-8,13H,6,9-11,16H2,1-2H3,(H,17,19). The summed E-state index contributed by atoms with van der Waals surface area (Å²) in [6, 6.07) is 9.86. The molecule has 1 aromatic carbocycles. The number of likely N-dealkylation sites (tertiary alicyclic amines) is 1. The van der Waals surface area contributed by atoms with E-state index in [0.717, 1.165) is 18.7 Å². The fraction of sp³-hybridized carbons (Fsp3) is 0.533. The smallest absolute Gasteiger partial charge is 0.242 e. The second kappa shape index (κ2) is 5.72. The molecule has 104 valence electrons. The Morgan fingerprint density at radius 1 is 1.42 bits per heavy atom. The van der Waals surface area contributed by atoms with Crippen LogP contribution in [-0.4, -0.2) is 29.4 Å². The van der Waals surface area contributed by atoms with Crippen LogP contribution in [0.5, 0.6) is 0 Å². The number of nitrogens with zero attached hydrogens (tertiary/aromatic N) is 1. The van der Waals surface area contributed by atoms with Crippen molar-refractivity contribution in [3.05, 3.63) is 35.9 Å². The van der Waals surface area contributed by atoms with Crippen LogP contribution in [0, 0.1) is 0 Å². The van der Waals surface area contributed by atoms with Crippen LogP contribution in [0.1, 0.15) is 38.2 Å². The summed E-state index contributed by atoms with van der Waals surface area (Å²) in [5.41, 5.74) is 3.49. The molecule has 0 aliphatic carbocycles. The highest BCUT2D eigenvalue weighted by molar-refractivity contribution is 5.83. The molecule has 1 aliphatic rings. The van der Waals surface area contributed by atoms with Gasteiger partial charge < -0.3 is 0 Å². The Morgan fingerprint density at radius 2 is 2.11 bits per heavy atom. The quantitative estimate of drug-likeness (QED) is 0.492. The number of nitrogens with one attached hydrogen (secondary N) is 1. The maximum absolute atomic E-state index is 12.0. The second-order valence-corrected chi connectivity index (χ2v) is 5.83. The van der Waals surface area contributed by atoms with E-state index in [-0.39, 0.29) is 17.4 Å². The average Bonchev–Trinajstić information content (AvgIpc) is 2.75. The number of carbonyl (C=O) groups excluding carboxylic acids is 1. The van der Waals surface area contributed by atoms with Crippen LogP contribution in [0.4, 0.5) is 0 Å². The van der Waals surface area contributed by atoms with Gasteiger partial charge in [-0.05, 0) is 38.8 Å². The van der Waals surface area contributed by atoms with Crippen molar-refractivity contribution in [2.75, 3.05) is 13.1 Å². The molecule has 0 bridgehead atoms. The normalized spacial score (nSPS) is 20.2. The molecule has 4 nitrogen and oxygen atoms in total. The summed E-state index contributed by atoms with van der Waals surface area (Å²) in [7, 11) is 0. The Morgan fingerprint density at radius 3 is 2.63 bits per heavy atom. The van der Waals surface area contributed by atoms with Crippen molar-refractivity contribution in [3.8, 4) is 0 Å². The van der Waals surface area contributed by atoms with Crippen LogP contribution in [0.15, 0.2) is 30.3 Å². The number of nitrogens with two attached hydrogens (primary N) is 1. The first-order chi connectivity index (χ1) is 9.04. The minimum Gasteiger partial charge on any atom is -0.297 e. The van der Waals surface area contributed by atoms with Crippen molar-refractivity contribution in [2.45, 2.75) is 38.1 Å². The van der Waals surface area contributed by atoms with E-state index >= 15 is 0 Å². The van der Waals surface area contributed by atoms with E-state index in [0.29, 0.717) is 0 Å². The second-order valence-electron chi connectivity index (χ2n) is 5.83. The first kappa shape index (κ1) is 14.0. The molecule has 0 saturated carbocycles. The molecule has 2 rings (SSSR count). The molecular weight excluding hydrogens is 238 g/mol. The van der Waals surface area contributed by atoms with Crippen LogP contribution < -0.4 is 11.3 Å². The Labute approximate surface area is 114 Å². The summed E-state index contributed by atoms with van der Waals surface area (Å²) in [5.74, 6) is 5.01. The molecule has 1 unspecified atom stereocenters. The van der Waals surface area contributed by atoms with Gasteiger partial charge in [0.15, 0.2) is 0 Å². The summed E-state index contributed by atoms with van der Waals surface area (Å²) in [6.07, 6.45) is 2.37. The van der Waals surface area contributed by atoms with E-state index < -0.39 is 0 Å². The zero-order valence-electron chi connectivity index (χ0n) is 11.7. The molecular formula is C15H23N3O. The molecule has 19 heavy (non-hydrogen) atoms. The molecule has 1 heterocycles. The van der Waals surface area contributed by atoms with E-state index in [1.165, 1.54) is 12.8 Å². The van der Waals surface area contributed by atoms with Crippen molar-refractivity contribution < 1.29 is 4.79 Å². The Bertz CT molecular complexity index is 430. The third kappa shape index (κ3) is 3.14. The molecule has 0 spiro atoms. The van der Waals surface area contributed by atoms with Gasteiger partial charge in [0.05, 0.1) is 5.92 Å². The van der Waals surface area contributed by atoms with E-state index in [1.807, 2.05) is 30.3 Å². The summed E-state index contributed by atoms with van der Waals surface area (Å²) in [4.78, 5) is 14.4. The first-order valence-electron chi connectivity index (χ1n) is 6.85. The molecule has 1 amide bonds. The SMILES string of the molecule is CC1(C)CCCN1CC(C(=O)NN)c1ccccc1. The van der Waals surface area contributed by atoms with Gasteiger partial charge in [0.1, 0.15) is 0 Å². The summed E-state index contributed by atoms with van der Waals surface area (Å²) in [5, 5.41) is 0. The predicted molar refractivity (Wildman–Crippen MR) is 76.4 cm³/mol. The van der Waals surface area contributed by atoms with Crippen LogP contribution in [0.25, 0.3) is 0 Å². The first-order valence-corrected chi connectivity index (χ1v) is 6.85. The van der Waals surface area contributed by atoms with Gasteiger partial charge in [0, 0.05) is 12.1 Å². The van der Waals surface area contributed by atoms with E-state index in [4.69, 9.17) is 5.84 Å².